The van der Waals surface area contributed by atoms with E-state index in [0.717, 1.165) is 5.56 Å². The minimum Gasteiger partial charge on any atom is -0.506 e. The van der Waals surface area contributed by atoms with Gasteiger partial charge in [0.1, 0.15) is 5.75 Å². The third-order valence-corrected chi connectivity index (χ3v) is 2.89. The van der Waals surface area contributed by atoms with Gasteiger partial charge in [-0.25, -0.2) is 0 Å². The van der Waals surface area contributed by atoms with Gasteiger partial charge in [-0.05, 0) is 24.6 Å². The Bertz CT molecular complexity index is 443. The number of rotatable bonds is 4. The first-order chi connectivity index (χ1) is 6.94. The molecule has 0 heterocycles. The fraction of sp³-hybridized carbons (Fsp3) is 0.333. The lowest BCUT2D eigenvalue weighted by Crippen LogP contribution is -2.29. The zero-order valence-electron chi connectivity index (χ0n) is 8.61. The molecule has 0 unspecified atom stereocenters. The number of hydrogen-bond donors (Lipinski definition) is 3. The van der Waals surface area contributed by atoms with Crippen LogP contribution in [0.4, 0.5) is 5.69 Å². The third-order valence-electron chi connectivity index (χ3n) is 1.73. The van der Waals surface area contributed by atoms with Gasteiger partial charge in [0.2, 0.25) is 0 Å². The van der Waals surface area contributed by atoms with Crippen LogP contribution in [0.2, 0.25) is 0 Å². The smallest absolute Gasteiger partial charge is 0.299 e. The van der Waals surface area contributed by atoms with Crippen molar-refractivity contribution in [3.63, 3.8) is 0 Å². The van der Waals surface area contributed by atoms with E-state index in [0.29, 0.717) is 6.54 Å². The largest absolute Gasteiger partial charge is 0.506 e. The number of phenolic OH excluding ortho intramolecular Hbond substituents is 1. The first-order valence-electron chi connectivity index (χ1n) is 4.51. The van der Waals surface area contributed by atoms with Crippen LogP contribution >= 0.6 is 0 Å². The quantitative estimate of drug-likeness (QED) is 0.674. The summed E-state index contributed by atoms with van der Waals surface area (Å²) in [6.45, 7) is 3.78. The third kappa shape index (κ3) is 3.41. The highest BCUT2D eigenvalue weighted by Gasteiger charge is 2.10. The van der Waals surface area contributed by atoms with Crippen molar-refractivity contribution in [3.8, 4) is 5.75 Å². The maximum atomic E-state index is 11.3. The summed E-state index contributed by atoms with van der Waals surface area (Å²) in [6, 6.07) is 4.70. The van der Waals surface area contributed by atoms with E-state index in [1.807, 2.05) is 6.92 Å². The highest BCUT2D eigenvalue weighted by atomic mass is 32.2. The zero-order chi connectivity index (χ0) is 11.5. The molecule has 0 aliphatic rings. The Labute approximate surface area is 89.3 Å². The van der Waals surface area contributed by atoms with Crippen molar-refractivity contribution < 1.29 is 13.5 Å². The summed E-state index contributed by atoms with van der Waals surface area (Å²) < 4.78 is 27.2. The molecule has 0 atom stereocenters. The molecule has 0 fully saturated rings. The van der Waals surface area contributed by atoms with Crippen LogP contribution in [0.3, 0.4) is 0 Å². The summed E-state index contributed by atoms with van der Waals surface area (Å²) in [7, 11) is -3.58. The lowest BCUT2D eigenvalue weighted by Gasteiger charge is -2.09. The lowest BCUT2D eigenvalue weighted by molar-refractivity contribution is 0.477. The van der Waals surface area contributed by atoms with Gasteiger partial charge in [0, 0.05) is 6.54 Å². The van der Waals surface area contributed by atoms with Crippen molar-refractivity contribution in [2.45, 2.75) is 13.8 Å². The molecule has 0 amide bonds. The highest BCUT2D eigenvalue weighted by molar-refractivity contribution is 7.90. The Morgan fingerprint density at radius 2 is 2.07 bits per heavy atom. The molecule has 84 valence electrons. The Balaban J connectivity index is 2.94. The number of nitrogens with one attached hydrogen (secondary N) is 2. The van der Waals surface area contributed by atoms with Crippen LogP contribution in [-0.2, 0) is 10.2 Å². The SMILES string of the molecule is CCNS(=O)(=O)Nc1cc(C)ccc1O. The summed E-state index contributed by atoms with van der Waals surface area (Å²) in [5, 5.41) is 9.41. The predicted octanol–water partition coefficient (Wildman–Crippen LogP) is 0.967. The lowest BCUT2D eigenvalue weighted by atomic mass is 10.2. The summed E-state index contributed by atoms with van der Waals surface area (Å²) in [4.78, 5) is 0. The van der Waals surface area contributed by atoms with Crippen molar-refractivity contribution in [1.82, 2.24) is 4.72 Å². The number of benzene rings is 1. The van der Waals surface area contributed by atoms with Crippen LogP contribution in [0.5, 0.6) is 5.75 Å². The van der Waals surface area contributed by atoms with Gasteiger partial charge in [-0.1, -0.05) is 13.0 Å². The van der Waals surface area contributed by atoms with Crippen molar-refractivity contribution in [1.29, 1.82) is 0 Å². The Morgan fingerprint density at radius 1 is 1.40 bits per heavy atom. The van der Waals surface area contributed by atoms with Gasteiger partial charge in [0.25, 0.3) is 10.2 Å². The minimum absolute atomic E-state index is 0.0953. The van der Waals surface area contributed by atoms with Crippen LogP contribution in [0.15, 0.2) is 18.2 Å². The Morgan fingerprint density at radius 3 is 2.67 bits per heavy atom. The molecule has 1 rings (SSSR count). The van der Waals surface area contributed by atoms with E-state index >= 15 is 0 Å². The fourth-order valence-electron chi connectivity index (χ4n) is 1.10. The highest BCUT2D eigenvalue weighted by Crippen LogP contribution is 2.24. The Hall–Kier alpha value is -1.27. The number of hydrogen-bond acceptors (Lipinski definition) is 3. The fourth-order valence-corrected chi connectivity index (χ4v) is 2.01. The first kappa shape index (κ1) is 11.8. The number of anilines is 1. The second-order valence-electron chi connectivity index (χ2n) is 3.12. The van der Waals surface area contributed by atoms with Gasteiger partial charge >= 0.3 is 0 Å². The second kappa shape index (κ2) is 4.50. The van der Waals surface area contributed by atoms with E-state index in [2.05, 4.69) is 9.44 Å². The van der Waals surface area contributed by atoms with Crippen LogP contribution in [0.1, 0.15) is 12.5 Å². The van der Waals surface area contributed by atoms with Crippen LogP contribution in [0, 0.1) is 6.92 Å². The van der Waals surface area contributed by atoms with Crippen LogP contribution in [-0.4, -0.2) is 20.1 Å². The second-order valence-corrected chi connectivity index (χ2v) is 4.62. The first-order valence-corrected chi connectivity index (χ1v) is 6.00. The van der Waals surface area contributed by atoms with Gasteiger partial charge in [-0.2, -0.15) is 13.1 Å². The molecule has 0 aliphatic carbocycles. The molecule has 15 heavy (non-hydrogen) atoms. The number of phenols is 1. The molecular formula is C9H14N2O3S. The molecule has 0 saturated heterocycles. The molecule has 0 radical (unpaired) electrons. The molecule has 0 spiro atoms. The van der Waals surface area contributed by atoms with Gasteiger partial charge in [0.15, 0.2) is 0 Å². The molecule has 0 aliphatic heterocycles. The van der Waals surface area contributed by atoms with E-state index in [1.54, 1.807) is 19.1 Å². The van der Waals surface area contributed by atoms with Crippen molar-refractivity contribution in [2.75, 3.05) is 11.3 Å². The standard InChI is InChI=1S/C9H14N2O3S/c1-3-10-15(13,14)11-8-6-7(2)4-5-9(8)12/h4-6,10-12H,3H2,1-2H3. The van der Waals surface area contributed by atoms with E-state index in [1.165, 1.54) is 6.07 Å². The molecular weight excluding hydrogens is 216 g/mol. The maximum absolute atomic E-state index is 11.3. The predicted molar refractivity (Wildman–Crippen MR) is 59.1 cm³/mol. The molecule has 0 bridgehead atoms. The minimum atomic E-state index is -3.58. The van der Waals surface area contributed by atoms with Gasteiger partial charge in [0.05, 0.1) is 5.69 Å². The molecule has 6 heteroatoms. The van der Waals surface area contributed by atoms with Crippen LogP contribution < -0.4 is 9.44 Å². The molecule has 3 N–H and O–H groups in total. The van der Waals surface area contributed by atoms with E-state index in [-0.39, 0.29) is 11.4 Å². The van der Waals surface area contributed by atoms with E-state index in [4.69, 9.17) is 0 Å². The molecule has 5 nitrogen and oxygen atoms in total. The van der Waals surface area contributed by atoms with E-state index in [9.17, 15) is 13.5 Å². The molecule has 1 aromatic carbocycles. The summed E-state index contributed by atoms with van der Waals surface area (Å²) >= 11 is 0. The average molecular weight is 230 g/mol. The van der Waals surface area contributed by atoms with Crippen molar-refractivity contribution >= 4 is 15.9 Å². The summed E-state index contributed by atoms with van der Waals surface area (Å²) in [5.41, 5.74) is 1.04. The van der Waals surface area contributed by atoms with Gasteiger partial charge < -0.3 is 5.11 Å². The van der Waals surface area contributed by atoms with Gasteiger partial charge in [-0.3, -0.25) is 4.72 Å². The average Bonchev–Trinajstić information content (AvgIpc) is 2.10. The summed E-state index contributed by atoms with van der Waals surface area (Å²) in [6.07, 6.45) is 0. The Kier molecular flexibility index (Phi) is 3.54. The number of aromatic hydroxyl groups is 1. The number of aryl methyl sites for hydroxylation is 1. The molecule has 0 aromatic heterocycles. The normalized spacial score (nSPS) is 11.3. The van der Waals surface area contributed by atoms with Crippen molar-refractivity contribution in [3.05, 3.63) is 23.8 Å². The van der Waals surface area contributed by atoms with E-state index < -0.39 is 10.2 Å². The molecule has 0 saturated carbocycles. The monoisotopic (exact) mass is 230 g/mol. The maximum Gasteiger partial charge on any atom is 0.299 e. The molecule has 1 aromatic rings. The van der Waals surface area contributed by atoms with Crippen LogP contribution in [0.25, 0.3) is 0 Å². The topological polar surface area (TPSA) is 78.4 Å². The van der Waals surface area contributed by atoms with Crippen molar-refractivity contribution in [2.24, 2.45) is 0 Å². The zero-order valence-corrected chi connectivity index (χ0v) is 9.43. The van der Waals surface area contributed by atoms with Gasteiger partial charge in [-0.15, -0.1) is 0 Å². The summed E-state index contributed by atoms with van der Waals surface area (Å²) in [5.74, 6) is -0.0953.